The minimum Gasteiger partial charge on any atom is -0.352 e. The Morgan fingerprint density at radius 3 is 2.62 bits per heavy atom. The highest BCUT2D eigenvalue weighted by atomic mass is 35.5. The highest BCUT2D eigenvalue weighted by molar-refractivity contribution is 7.99. The predicted molar refractivity (Wildman–Crippen MR) is 115 cm³/mol. The van der Waals surface area contributed by atoms with Gasteiger partial charge in [-0.1, -0.05) is 29.4 Å². The Kier molecular flexibility index (Phi) is 5.11. The molecule has 1 aromatic carbocycles. The van der Waals surface area contributed by atoms with Crippen molar-refractivity contribution in [1.29, 1.82) is 0 Å². The Morgan fingerprint density at radius 1 is 1.28 bits per heavy atom. The minimum absolute atomic E-state index is 0.0823. The van der Waals surface area contributed by atoms with Gasteiger partial charge in [0.1, 0.15) is 6.33 Å². The van der Waals surface area contributed by atoms with E-state index in [9.17, 15) is 4.79 Å². The molecular weight excluding hydrogens is 404 g/mol. The van der Waals surface area contributed by atoms with E-state index < -0.39 is 0 Å². The highest BCUT2D eigenvalue weighted by Gasteiger charge is 2.53. The molecule has 1 N–H and O–H groups in total. The second-order valence-corrected chi connectivity index (χ2v) is 10.7. The van der Waals surface area contributed by atoms with Crippen LogP contribution >= 0.6 is 23.4 Å². The summed E-state index contributed by atoms with van der Waals surface area (Å²) in [5.41, 5.74) is 1.22. The zero-order valence-electron chi connectivity index (χ0n) is 16.7. The van der Waals surface area contributed by atoms with Crippen LogP contribution in [0.1, 0.15) is 45.4 Å². The van der Waals surface area contributed by atoms with E-state index in [-0.39, 0.29) is 11.9 Å². The van der Waals surface area contributed by atoms with Crippen LogP contribution in [0.25, 0.3) is 5.69 Å². The van der Waals surface area contributed by atoms with Crippen molar-refractivity contribution in [2.24, 2.45) is 23.2 Å². The van der Waals surface area contributed by atoms with Crippen LogP contribution < -0.4 is 5.32 Å². The molecule has 0 saturated heterocycles. The van der Waals surface area contributed by atoms with Gasteiger partial charge in [0.15, 0.2) is 5.16 Å². The highest BCUT2D eigenvalue weighted by Crippen LogP contribution is 2.61. The van der Waals surface area contributed by atoms with Crippen LogP contribution in [0.2, 0.25) is 5.02 Å². The van der Waals surface area contributed by atoms with Crippen LogP contribution in [0.4, 0.5) is 0 Å². The molecule has 1 amide bonds. The lowest BCUT2D eigenvalue weighted by Gasteiger charge is -2.59. The first kappa shape index (κ1) is 19.4. The third kappa shape index (κ3) is 3.81. The molecule has 1 heterocycles. The maximum atomic E-state index is 12.7. The van der Waals surface area contributed by atoms with Gasteiger partial charge < -0.3 is 5.32 Å². The average Bonchev–Trinajstić information content (AvgIpc) is 3.14. The van der Waals surface area contributed by atoms with Gasteiger partial charge in [-0.05, 0) is 86.8 Å². The molecule has 0 aliphatic heterocycles. The summed E-state index contributed by atoms with van der Waals surface area (Å²) in [6, 6.07) is 7.79. The summed E-state index contributed by atoms with van der Waals surface area (Å²) in [6.45, 7) is 2.23. The van der Waals surface area contributed by atoms with Gasteiger partial charge in [0, 0.05) is 11.1 Å². The van der Waals surface area contributed by atoms with Crippen molar-refractivity contribution < 1.29 is 4.79 Å². The second kappa shape index (κ2) is 7.62. The van der Waals surface area contributed by atoms with E-state index in [0.29, 0.717) is 21.3 Å². The average molecular weight is 431 g/mol. The van der Waals surface area contributed by atoms with Crippen molar-refractivity contribution in [1.82, 2.24) is 20.1 Å². The van der Waals surface area contributed by atoms with Crippen molar-refractivity contribution in [3.8, 4) is 5.69 Å². The van der Waals surface area contributed by atoms with Crippen LogP contribution in [-0.2, 0) is 4.79 Å². The summed E-state index contributed by atoms with van der Waals surface area (Å²) in [7, 11) is 0. The molecule has 4 saturated carbocycles. The molecule has 4 aliphatic rings. The van der Waals surface area contributed by atoms with Crippen molar-refractivity contribution in [3.63, 3.8) is 0 Å². The van der Waals surface area contributed by atoms with E-state index in [0.717, 1.165) is 23.4 Å². The third-order valence-electron chi connectivity index (χ3n) is 7.32. The number of hydrogen-bond acceptors (Lipinski definition) is 4. The number of carbonyl (C=O) groups is 1. The maximum Gasteiger partial charge on any atom is 0.230 e. The van der Waals surface area contributed by atoms with Gasteiger partial charge in [0.05, 0.1) is 11.4 Å². The molecule has 5 nitrogen and oxygen atoms in total. The number of hydrogen-bond donors (Lipinski definition) is 1. The van der Waals surface area contributed by atoms with Gasteiger partial charge in [-0.3, -0.25) is 9.36 Å². The van der Waals surface area contributed by atoms with Crippen molar-refractivity contribution in [3.05, 3.63) is 35.6 Å². The number of thioether (sulfide) groups is 1. The Hall–Kier alpha value is -1.53. The lowest BCUT2D eigenvalue weighted by atomic mass is 9.48. The first-order chi connectivity index (χ1) is 14.0. The topological polar surface area (TPSA) is 59.8 Å². The number of aromatic nitrogens is 3. The van der Waals surface area contributed by atoms with Gasteiger partial charge >= 0.3 is 0 Å². The standard InChI is InChI=1S/C22H27ClN4OS/c1-14(22-9-15-5-16(10-22)7-17(6-15)11-22)25-20(28)12-29-21-26-24-13-27(21)19-4-2-3-18(23)8-19/h2-4,8,13-17H,5-7,9-12H2,1H3,(H,25,28). The Morgan fingerprint density at radius 2 is 1.97 bits per heavy atom. The van der Waals surface area contributed by atoms with Gasteiger partial charge in [0.25, 0.3) is 0 Å². The van der Waals surface area contributed by atoms with Crippen LogP contribution in [0.5, 0.6) is 0 Å². The summed E-state index contributed by atoms with van der Waals surface area (Å²) in [4.78, 5) is 12.7. The number of halogens is 1. The van der Waals surface area contributed by atoms with Gasteiger partial charge in [0.2, 0.25) is 5.91 Å². The Balaban J connectivity index is 1.21. The smallest absolute Gasteiger partial charge is 0.230 e. The second-order valence-electron chi connectivity index (χ2n) is 9.32. The molecule has 7 heteroatoms. The number of amides is 1. The summed E-state index contributed by atoms with van der Waals surface area (Å²) in [5.74, 6) is 3.11. The van der Waals surface area contributed by atoms with Gasteiger partial charge in [-0.2, -0.15) is 0 Å². The normalized spacial score (nSPS) is 31.0. The summed E-state index contributed by atoms with van der Waals surface area (Å²) in [5, 5.41) is 12.9. The molecule has 0 spiro atoms. The molecule has 4 bridgehead atoms. The van der Waals surface area contributed by atoms with Crippen LogP contribution in [-0.4, -0.2) is 32.5 Å². The zero-order chi connectivity index (χ0) is 20.0. The van der Waals surface area contributed by atoms with Crippen LogP contribution in [0, 0.1) is 23.2 Å². The van der Waals surface area contributed by atoms with Gasteiger partial charge in [-0.15, -0.1) is 10.2 Å². The van der Waals surface area contributed by atoms with E-state index >= 15 is 0 Å². The SMILES string of the molecule is CC(NC(=O)CSc1nncn1-c1cccc(Cl)c1)C12CC3CC(CC(C3)C1)C2. The molecule has 4 aliphatic carbocycles. The molecule has 1 unspecified atom stereocenters. The van der Waals surface area contributed by atoms with E-state index in [1.54, 1.807) is 6.33 Å². The van der Waals surface area contributed by atoms with E-state index in [4.69, 9.17) is 11.6 Å². The first-order valence-electron chi connectivity index (χ1n) is 10.6. The third-order valence-corrected chi connectivity index (χ3v) is 8.50. The summed E-state index contributed by atoms with van der Waals surface area (Å²) >= 11 is 7.52. The minimum atomic E-state index is 0.0823. The molecule has 154 valence electrons. The molecule has 1 aromatic heterocycles. The van der Waals surface area contributed by atoms with Crippen molar-refractivity contribution in [2.75, 3.05) is 5.75 Å². The fourth-order valence-electron chi connectivity index (χ4n) is 6.40. The lowest BCUT2D eigenvalue weighted by molar-refractivity contribution is -0.123. The Labute approximate surface area is 181 Å². The number of rotatable bonds is 6. The van der Waals surface area contributed by atoms with Gasteiger partial charge in [-0.25, -0.2) is 0 Å². The maximum absolute atomic E-state index is 12.7. The van der Waals surface area contributed by atoms with Crippen molar-refractivity contribution >= 4 is 29.3 Å². The molecule has 6 rings (SSSR count). The summed E-state index contributed by atoms with van der Waals surface area (Å²) in [6.07, 6.45) is 9.84. The Bertz CT molecular complexity index is 878. The van der Waals surface area contributed by atoms with E-state index in [1.165, 1.54) is 50.3 Å². The predicted octanol–water partition coefficient (Wildman–Crippen LogP) is 4.73. The van der Waals surface area contributed by atoms with Crippen LogP contribution in [0.15, 0.2) is 35.7 Å². The number of benzene rings is 1. The number of nitrogens with zero attached hydrogens (tertiary/aromatic N) is 3. The fourth-order valence-corrected chi connectivity index (χ4v) is 7.32. The molecule has 2 aromatic rings. The summed E-state index contributed by atoms with van der Waals surface area (Å²) < 4.78 is 1.87. The molecular formula is C22H27ClN4OS. The lowest BCUT2D eigenvalue weighted by Crippen LogP contribution is -2.56. The van der Waals surface area contributed by atoms with Crippen molar-refractivity contribution in [2.45, 2.75) is 56.6 Å². The molecule has 4 fully saturated rings. The zero-order valence-corrected chi connectivity index (χ0v) is 18.3. The van der Waals surface area contributed by atoms with Crippen LogP contribution in [0.3, 0.4) is 0 Å². The van der Waals surface area contributed by atoms with E-state index in [1.807, 2.05) is 28.8 Å². The van der Waals surface area contributed by atoms with E-state index in [2.05, 4.69) is 22.4 Å². The number of nitrogens with one attached hydrogen (secondary N) is 1. The molecule has 29 heavy (non-hydrogen) atoms. The molecule has 0 radical (unpaired) electrons. The number of carbonyl (C=O) groups excluding carboxylic acids is 1. The largest absolute Gasteiger partial charge is 0.352 e. The molecule has 1 atom stereocenters. The fraction of sp³-hybridized carbons (Fsp3) is 0.591. The quantitative estimate of drug-likeness (QED) is 0.673. The monoisotopic (exact) mass is 430 g/mol. The first-order valence-corrected chi connectivity index (χ1v) is 12.0.